The van der Waals surface area contributed by atoms with Gasteiger partial charge in [-0.3, -0.25) is 14.2 Å². The summed E-state index contributed by atoms with van der Waals surface area (Å²) >= 11 is 0. The van der Waals surface area contributed by atoms with Crippen molar-refractivity contribution in [1.82, 2.24) is 9.13 Å². The lowest BCUT2D eigenvalue weighted by molar-refractivity contribution is 0.0948. The SMILES string of the molecule is Cc1cn(C/C=C\C=C\CO[Si](c2ccccc2)(c2ccccc2)C(C)(C)C)c(=O)n(C(=O)c2ccccc2)c1=O. The Kier molecular flexibility index (Phi) is 9.32. The van der Waals surface area contributed by atoms with Crippen molar-refractivity contribution in [1.29, 1.82) is 0 Å². The normalized spacial score (nSPS) is 12.3. The number of carbonyl (C=O) groups is 1. The Morgan fingerprint density at radius 3 is 1.85 bits per heavy atom. The summed E-state index contributed by atoms with van der Waals surface area (Å²) < 4.78 is 8.91. The van der Waals surface area contributed by atoms with Crippen LogP contribution in [0.25, 0.3) is 0 Å². The Balaban J connectivity index is 1.52. The summed E-state index contributed by atoms with van der Waals surface area (Å²) in [6, 6.07) is 29.3. The Morgan fingerprint density at radius 2 is 1.32 bits per heavy atom. The molecule has 1 heterocycles. The summed E-state index contributed by atoms with van der Waals surface area (Å²) in [5.41, 5.74) is -0.678. The molecule has 6 nitrogen and oxygen atoms in total. The van der Waals surface area contributed by atoms with E-state index in [0.29, 0.717) is 16.7 Å². The number of hydrogen-bond acceptors (Lipinski definition) is 4. The number of hydrogen-bond donors (Lipinski definition) is 0. The second kappa shape index (κ2) is 12.9. The lowest BCUT2D eigenvalue weighted by Gasteiger charge is -2.42. The Morgan fingerprint density at radius 1 is 0.805 bits per heavy atom. The van der Waals surface area contributed by atoms with E-state index in [1.807, 2.05) is 36.4 Å². The van der Waals surface area contributed by atoms with E-state index in [1.54, 1.807) is 37.3 Å². The van der Waals surface area contributed by atoms with E-state index in [4.69, 9.17) is 4.43 Å². The predicted molar refractivity (Wildman–Crippen MR) is 168 cm³/mol. The first-order valence-electron chi connectivity index (χ1n) is 13.7. The van der Waals surface area contributed by atoms with E-state index in [-0.39, 0.29) is 17.1 Å². The van der Waals surface area contributed by atoms with Gasteiger partial charge in [-0.1, -0.05) is 124 Å². The number of allylic oxidation sites excluding steroid dienone is 3. The van der Waals surface area contributed by atoms with Crippen molar-refractivity contribution in [2.45, 2.75) is 39.3 Å². The molecule has 41 heavy (non-hydrogen) atoms. The molecule has 0 unspecified atom stereocenters. The molecule has 0 spiro atoms. The van der Waals surface area contributed by atoms with Gasteiger partial charge in [0.05, 0.1) is 6.61 Å². The van der Waals surface area contributed by atoms with Gasteiger partial charge in [-0.15, -0.1) is 0 Å². The highest BCUT2D eigenvalue weighted by Gasteiger charge is 2.49. The first-order chi connectivity index (χ1) is 19.7. The van der Waals surface area contributed by atoms with E-state index in [1.165, 1.54) is 21.1 Å². The number of nitrogens with zero attached hydrogens (tertiary/aromatic N) is 2. The second-order valence-electron chi connectivity index (χ2n) is 10.9. The number of rotatable bonds is 9. The minimum atomic E-state index is -2.62. The third-order valence-electron chi connectivity index (χ3n) is 7.05. The first kappa shape index (κ1) is 29.6. The molecule has 0 atom stereocenters. The molecule has 0 amide bonds. The van der Waals surface area contributed by atoms with Gasteiger partial charge in [0.15, 0.2) is 0 Å². The maximum Gasteiger partial charge on any atom is 0.338 e. The van der Waals surface area contributed by atoms with Crippen molar-refractivity contribution in [3.05, 3.63) is 153 Å². The zero-order valence-corrected chi connectivity index (χ0v) is 25.0. The van der Waals surface area contributed by atoms with Crippen LogP contribution >= 0.6 is 0 Å². The topological polar surface area (TPSA) is 70.3 Å². The van der Waals surface area contributed by atoms with Gasteiger partial charge in [-0.05, 0) is 34.5 Å². The molecule has 0 aliphatic heterocycles. The third-order valence-corrected chi connectivity index (χ3v) is 12.1. The molecule has 7 heteroatoms. The smallest absolute Gasteiger partial charge is 0.338 e. The highest BCUT2D eigenvalue weighted by atomic mass is 28.4. The van der Waals surface area contributed by atoms with Gasteiger partial charge in [-0.2, -0.15) is 4.57 Å². The zero-order valence-electron chi connectivity index (χ0n) is 24.0. The number of carbonyl (C=O) groups excluding carboxylic acids is 1. The minimum absolute atomic E-state index is 0.112. The van der Waals surface area contributed by atoms with Crippen LogP contribution in [0.3, 0.4) is 0 Å². The summed E-state index contributed by atoms with van der Waals surface area (Å²) in [6.45, 7) is 8.95. The van der Waals surface area contributed by atoms with Crippen LogP contribution in [0.2, 0.25) is 5.04 Å². The molecule has 0 fully saturated rings. The standard InChI is InChI=1S/C34H36N2O4Si/c1-27-26-35(33(39)36(31(27)37)32(38)28-18-10-7-11-19-28)24-16-5-6-17-25-40-41(34(2,3)4,29-20-12-8-13-21-29)30-22-14-9-15-23-30/h5-23,26H,24-25H2,1-4H3/b16-5-,17-6+. The molecule has 0 radical (unpaired) electrons. The van der Waals surface area contributed by atoms with Crippen LogP contribution in [0.5, 0.6) is 0 Å². The van der Waals surface area contributed by atoms with Crippen molar-refractivity contribution >= 4 is 24.6 Å². The van der Waals surface area contributed by atoms with Crippen LogP contribution in [-0.4, -0.2) is 30.0 Å². The first-order valence-corrected chi connectivity index (χ1v) is 15.6. The van der Waals surface area contributed by atoms with Gasteiger partial charge < -0.3 is 4.43 Å². The third kappa shape index (κ3) is 6.37. The summed E-state index contributed by atoms with van der Waals surface area (Å²) in [5.74, 6) is -0.637. The fraction of sp³-hybridized carbons (Fsp3) is 0.206. The van der Waals surface area contributed by atoms with Crippen molar-refractivity contribution in [2.24, 2.45) is 0 Å². The molecule has 1 aromatic heterocycles. The molecule has 0 bridgehead atoms. The lowest BCUT2D eigenvalue weighted by atomic mass is 10.2. The number of benzene rings is 3. The van der Waals surface area contributed by atoms with E-state index < -0.39 is 25.5 Å². The minimum Gasteiger partial charge on any atom is -0.404 e. The molecule has 3 aromatic carbocycles. The van der Waals surface area contributed by atoms with Crippen LogP contribution in [0, 0.1) is 6.92 Å². The van der Waals surface area contributed by atoms with Gasteiger partial charge >= 0.3 is 5.69 Å². The van der Waals surface area contributed by atoms with Gasteiger partial charge in [-0.25, -0.2) is 4.79 Å². The predicted octanol–water partition coefficient (Wildman–Crippen LogP) is 4.70. The number of aryl methyl sites for hydroxylation is 1. The Hall–Kier alpha value is -4.33. The van der Waals surface area contributed by atoms with Crippen LogP contribution < -0.4 is 21.6 Å². The van der Waals surface area contributed by atoms with Gasteiger partial charge in [0.1, 0.15) is 0 Å². The maximum atomic E-state index is 13.0. The van der Waals surface area contributed by atoms with E-state index >= 15 is 0 Å². The zero-order chi connectivity index (χ0) is 29.5. The molecule has 4 aromatic rings. The summed E-state index contributed by atoms with van der Waals surface area (Å²) in [4.78, 5) is 38.6. The highest BCUT2D eigenvalue weighted by Crippen LogP contribution is 2.36. The molecule has 0 saturated heterocycles. The van der Waals surface area contributed by atoms with Crippen LogP contribution in [0.15, 0.2) is 131 Å². The molecule has 0 N–H and O–H groups in total. The molecule has 210 valence electrons. The Labute approximate surface area is 242 Å². The summed E-state index contributed by atoms with van der Waals surface area (Å²) in [7, 11) is -2.62. The van der Waals surface area contributed by atoms with E-state index in [0.717, 1.165) is 0 Å². The van der Waals surface area contributed by atoms with Gasteiger partial charge in [0.25, 0.3) is 19.8 Å². The van der Waals surface area contributed by atoms with Gasteiger partial charge in [0, 0.05) is 23.9 Å². The van der Waals surface area contributed by atoms with Crippen molar-refractivity contribution in [3.8, 4) is 0 Å². The fourth-order valence-corrected chi connectivity index (χ4v) is 9.58. The fourth-order valence-electron chi connectivity index (χ4n) is 5.08. The van der Waals surface area contributed by atoms with E-state index in [9.17, 15) is 14.4 Å². The molecule has 0 aliphatic rings. The molecule has 0 aliphatic carbocycles. The highest BCUT2D eigenvalue weighted by molar-refractivity contribution is 6.99. The van der Waals surface area contributed by atoms with Crippen LogP contribution in [0.1, 0.15) is 36.7 Å². The monoisotopic (exact) mass is 564 g/mol. The molecular formula is C34H36N2O4Si. The largest absolute Gasteiger partial charge is 0.404 e. The van der Waals surface area contributed by atoms with Gasteiger partial charge in [0.2, 0.25) is 0 Å². The Bertz CT molecular complexity index is 1610. The molecule has 0 saturated carbocycles. The summed E-state index contributed by atoms with van der Waals surface area (Å²) in [5, 5.41) is 2.33. The van der Waals surface area contributed by atoms with Crippen LogP contribution in [0.4, 0.5) is 0 Å². The van der Waals surface area contributed by atoms with Crippen molar-refractivity contribution in [3.63, 3.8) is 0 Å². The second-order valence-corrected chi connectivity index (χ2v) is 15.2. The molecular weight excluding hydrogens is 528 g/mol. The quantitative estimate of drug-likeness (QED) is 0.218. The maximum absolute atomic E-state index is 13.0. The van der Waals surface area contributed by atoms with Crippen molar-refractivity contribution in [2.75, 3.05) is 6.61 Å². The summed E-state index contributed by atoms with van der Waals surface area (Å²) in [6.07, 6.45) is 8.98. The average molecular weight is 565 g/mol. The molecule has 4 rings (SSSR count). The lowest BCUT2D eigenvalue weighted by Crippen LogP contribution is -2.66. The number of aromatic nitrogens is 2. The van der Waals surface area contributed by atoms with Crippen molar-refractivity contribution < 1.29 is 9.22 Å². The van der Waals surface area contributed by atoms with E-state index in [2.05, 4.69) is 69.3 Å². The van der Waals surface area contributed by atoms with Crippen LogP contribution in [-0.2, 0) is 11.0 Å². The average Bonchev–Trinajstić information content (AvgIpc) is 2.98.